The van der Waals surface area contributed by atoms with Crippen molar-refractivity contribution >= 4 is 28.3 Å². The largest absolute Gasteiger partial charge is 0.438 e. The fourth-order valence-corrected chi connectivity index (χ4v) is 4.83. The number of aromatic amines is 1. The van der Waals surface area contributed by atoms with Crippen molar-refractivity contribution in [3.05, 3.63) is 73.6 Å². The van der Waals surface area contributed by atoms with Gasteiger partial charge in [0.1, 0.15) is 17.7 Å². The molecule has 1 aliphatic heterocycles. The number of nitrogens with one attached hydrogen (secondary N) is 1. The quantitative estimate of drug-likeness (QED) is 0.370. The van der Waals surface area contributed by atoms with Crippen LogP contribution in [-0.4, -0.2) is 65.0 Å². The summed E-state index contributed by atoms with van der Waals surface area (Å²) >= 11 is 0. The lowest BCUT2D eigenvalue weighted by Crippen LogP contribution is -2.44. The van der Waals surface area contributed by atoms with E-state index in [1.54, 1.807) is 4.90 Å². The first kappa shape index (κ1) is 23.2. The molecule has 0 unspecified atom stereocenters. The zero-order chi connectivity index (χ0) is 25.4. The number of ether oxygens (including phenoxy) is 1. The number of anilines is 2. The fraction of sp³-hybridized carbons (Fsp3) is 0.276. The van der Waals surface area contributed by atoms with Gasteiger partial charge in [-0.1, -0.05) is 24.8 Å². The molecular weight excluding hydrogens is 464 g/mol. The number of benzene rings is 2. The van der Waals surface area contributed by atoms with Crippen molar-refractivity contribution in [3.63, 3.8) is 0 Å². The van der Waals surface area contributed by atoms with Gasteiger partial charge in [0.2, 0.25) is 5.88 Å². The highest BCUT2D eigenvalue weighted by Gasteiger charge is 2.32. The number of amides is 1. The maximum absolute atomic E-state index is 12.4. The summed E-state index contributed by atoms with van der Waals surface area (Å²) in [5, 5.41) is 0.798. The van der Waals surface area contributed by atoms with Crippen molar-refractivity contribution in [3.8, 4) is 22.9 Å². The first-order valence-corrected chi connectivity index (χ1v) is 12.7. The number of nitrogens with zero attached hydrogens (tertiary/aromatic N) is 5. The highest BCUT2D eigenvalue weighted by atomic mass is 16.5. The molecule has 1 saturated carbocycles. The van der Waals surface area contributed by atoms with Gasteiger partial charge in [-0.25, -0.2) is 9.97 Å². The number of carbonyl (C=O) groups excluding carboxylic acids is 1. The van der Waals surface area contributed by atoms with Gasteiger partial charge in [-0.2, -0.15) is 0 Å². The standard InChI is InChI=1S/C29H30N6O2/c1-3-27(36)35(22-11-12-22)23-5-4-6-24(17-23)37-29-25-18-26(32-28(25)30-19-31-29)20-7-9-21(10-8-20)34-15-13-33(2)14-16-34/h3-10,17-19,22H,1,11-16H2,2H3,(H,30,31,32). The Morgan fingerprint density at radius 3 is 2.59 bits per heavy atom. The summed E-state index contributed by atoms with van der Waals surface area (Å²) in [5.74, 6) is 0.976. The average Bonchev–Trinajstić information content (AvgIpc) is 3.66. The predicted molar refractivity (Wildman–Crippen MR) is 146 cm³/mol. The van der Waals surface area contributed by atoms with E-state index in [1.807, 2.05) is 30.3 Å². The molecule has 1 saturated heterocycles. The molecule has 1 N–H and O–H groups in total. The maximum Gasteiger partial charge on any atom is 0.250 e. The van der Waals surface area contributed by atoms with E-state index in [0.29, 0.717) is 17.3 Å². The first-order chi connectivity index (χ1) is 18.1. The van der Waals surface area contributed by atoms with Gasteiger partial charge < -0.3 is 24.4 Å². The van der Waals surface area contributed by atoms with Gasteiger partial charge in [0, 0.05) is 55.4 Å². The molecule has 4 aromatic rings. The van der Waals surface area contributed by atoms with Crippen LogP contribution >= 0.6 is 0 Å². The van der Waals surface area contributed by atoms with Crippen LogP contribution in [0.2, 0.25) is 0 Å². The minimum Gasteiger partial charge on any atom is -0.438 e. The summed E-state index contributed by atoms with van der Waals surface area (Å²) in [6, 6.07) is 18.4. The van der Waals surface area contributed by atoms with Crippen molar-refractivity contribution in [1.29, 1.82) is 0 Å². The summed E-state index contributed by atoms with van der Waals surface area (Å²) in [6.45, 7) is 7.90. The van der Waals surface area contributed by atoms with Gasteiger partial charge in [-0.15, -0.1) is 0 Å². The maximum atomic E-state index is 12.4. The molecule has 2 fully saturated rings. The minimum absolute atomic E-state index is 0.0991. The van der Waals surface area contributed by atoms with E-state index in [0.717, 1.165) is 61.4 Å². The van der Waals surface area contributed by atoms with E-state index in [9.17, 15) is 4.79 Å². The second kappa shape index (κ2) is 9.71. The topological polar surface area (TPSA) is 77.6 Å². The number of piperazine rings is 1. The molecule has 1 amide bonds. The predicted octanol–water partition coefficient (Wildman–Crippen LogP) is 4.85. The molecule has 0 atom stereocenters. The molecule has 1 aliphatic carbocycles. The zero-order valence-corrected chi connectivity index (χ0v) is 20.9. The molecule has 2 aromatic carbocycles. The van der Waals surface area contributed by atoms with E-state index < -0.39 is 0 Å². The van der Waals surface area contributed by atoms with Gasteiger partial charge >= 0.3 is 0 Å². The molecule has 8 heteroatoms. The van der Waals surface area contributed by atoms with Crippen molar-refractivity contribution in [1.82, 2.24) is 19.9 Å². The molecule has 0 radical (unpaired) electrons. The lowest BCUT2D eigenvalue weighted by Gasteiger charge is -2.34. The van der Waals surface area contributed by atoms with Gasteiger partial charge in [0.05, 0.1) is 5.39 Å². The summed E-state index contributed by atoms with van der Waals surface area (Å²) in [4.78, 5) is 31.2. The zero-order valence-electron chi connectivity index (χ0n) is 20.9. The second-order valence-corrected chi connectivity index (χ2v) is 9.70. The van der Waals surface area contributed by atoms with Crippen LogP contribution in [0, 0.1) is 0 Å². The summed E-state index contributed by atoms with van der Waals surface area (Å²) in [5.41, 5.74) is 4.78. The van der Waals surface area contributed by atoms with Crippen LogP contribution in [0.25, 0.3) is 22.3 Å². The average molecular weight is 495 g/mol. The Morgan fingerprint density at radius 2 is 1.86 bits per heavy atom. The third-order valence-electron chi connectivity index (χ3n) is 7.07. The lowest BCUT2D eigenvalue weighted by atomic mass is 10.1. The van der Waals surface area contributed by atoms with Crippen LogP contribution in [-0.2, 0) is 4.79 Å². The fourth-order valence-electron chi connectivity index (χ4n) is 4.83. The van der Waals surface area contributed by atoms with Crippen LogP contribution in [0.3, 0.4) is 0 Å². The van der Waals surface area contributed by atoms with Crippen LogP contribution in [0.5, 0.6) is 11.6 Å². The number of fused-ring (bicyclic) bond motifs is 1. The highest BCUT2D eigenvalue weighted by molar-refractivity contribution is 6.02. The van der Waals surface area contributed by atoms with E-state index in [1.165, 1.54) is 18.1 Å². The first-order valence-electron chi connectivity index (χ1n) is 12.7. The highest BCUT2D eigenvalue weighted by Crippen LogP contribution is 2.36. The summed E-state index contributed by atoms with van der Waals surface area (Å²) < 4.78 is 6.21. The van der Waals surface area contributed by atoms with Gasteiger partial charge in [0.25, 0.3) is 5.91 Å². The molecule has 0 spiro atoms. The Bertz CT molecular complexity index is 1430. The number of H-pyrrole nitrogens is 1. The van der Waals surface area contributed by atoms with E-state index in [4.69, 9.17) is 4.74 Å². The van der Waals surface area contributed by atoms with Gasteiger partial charge in [0.15, 0.2) is 0 Å². The molecule has 3 heterocycles. The number of carbonyl (C=O) groups is 1. The Morgan fingerprint density at radius 1 is 1.08 bits per heavy atom. The van der Waals surface area contributed by atoms with Crippen LogP contribution in [0.4, 0.5) is 11.4 Å². The monoisotopic (exact) mass is 494 g/mol. The van der Waals surface area contributed by atoms with Crippen molar-refractivity contribution in [2.75, 3.05) is 43.0 Å². The molecule has 6 rings (SSSR count). The Kier molecular flexibility index (Phi) is 6.10. The minimum atomic E-state index is -0.0991. The van der Waals surface area contributed by atoms with E-state index in [2.05, 4.69) is 62.6 Å². The molecular formula is C29H30N6O2. The molecule has 188 valence electrons. The van der Waals surface area contributed by atoms with Crippen LogP contribution in [0.1, 0.15) is 12.8 Å². The van der Waals surface area contributed by atoms with Gasteiger partial charge in [-0.3, -0.25) is 4.79 Å². The second-order valence-electron chi connectivity index (χ2n) is 9.70. The van der Waals surface area contributed by atoms with Crippen molar-refractivity contribution in [2.45, 2.75) is 18.9 Å². The van der Waals surface area contributed by atoms with Crippen molar-refractivity contribution < 1.29 is 9.53 Å². The number of rotatable bonds is 7. The smallest absolute Gasteiger partial charge is 0.250 e. The number of likely N-dealkylation sites (N-methyl/N-ethyl adjacent to an activating group) is 1. The Labute approximate surface area is 216 Å². The number of hydrogen-bond acceptors (Lipinski definition) is 6. The van der Waals surface area contributed by atoms with Crippen LogP contribution in [0.15, 0.2) is 73.6 Å². The normalized spacial score (nSPS) is 16.1. The lowest BCUT2D eigenvalue weighted by molar-refractivity contribution is -0.114. The third-order valence-corrected chi connectivity index (χ3v) is 7.07. The SMILES string of the molecule is C=CC(=O)N(c1cccc(Oc2ncnc3[nH]c(-c4ccc(N5CCN(C)CC5)cc4)cc23)c1)C1CC1. The van der Waals surface area contributed by atoms with E-state index in [-0.39, 0.29) is 11.9 Å². The molecule has 0 bridgehead atoms. The molecule has 2 aliphatic rings. The van der Waals surface area contributed by atoms with Crippen LogP contribution < -0.4 is 14.5 Å². The van der Waals surface area contributed by atoms with Gasteiger partial charge in [-0.05, 0) is 61.9 Å². The third kappa shape index (κ3) is 4.80. The number of hydrogen-bond donors (Lipinski definition) is 1. The Balaban J connectivity index is 1.24. The van der Waals surface area contributed by atoms with E-state index >= 15 is 0 Å². The number of aromatic nitrogens is 3. The molecule has 8 nitrogen and oxygen atoms in total. The summed E-state index contributed by atoms with van der Waals surface area (Å²) in [7, 11) is 2.17. The molecule has 37 heavy (non-hydrogen) atoms. The molecule has 2 aromatic heterocycles. The Hall–Kier alpha value is -4.17. The summed E-state index contributed by atoms with van der Waals surface area (Å²) in [6.07, 6.45) is 4.86. The van der Waals surface area contributed by atoms with Crippen molar-refractivity contribution in [2.24, 2.45) is 0 Å².